The predicted octanol–water partition coefficient (Wildman–Crippen LogP) is -0.370. The van der Waals surface area contributed by atoms with Crippen LogP contribution in [0.4, 0.5) is 0 Å². The highest BCUT2D eigenvalue weighted by Crippen LogP contribution is 2.32. The topological polar surface area (TPSA) is 223 Å². The van der Waals surface area contributed by atoms with E-state index < -0.39 is 52.9 Å². The van der Waals surface area contributed by atoms with Gasteiger partial charge in [0.1, 0.15) is 17.8 Å². The number of fused-ring (bicyclic) bond motifs is 3. The van der Waals surface area contributed by atoms with Crippen molar-refractivity contribution in [3.8, 4) is 0 Å². The maximum atomic E-state index is 14.2. The van der Waals surface area contributed by atoms with Gasteiger partial charge in [0.2, 0.25) is 35.4 Å². The number of furan rings is 1. The molecule has 2 bridgehead atoms. The Morgan fingerprint density at radius 3 is 2.61 bits per heavy atom. The number of piperidine rings is 1. The summed E-state index contributed by atoms with van der Waals surface area (Å²) < 4.78 is 16.6. The molecule has 1 aromatic carbocycles. The molecule has 0 saturated carbocycles. The molecule has 3 heterocycles. The Balaban J connectivity index is 1.62. The first-order chi connectivity index (χ1) is 26.1. The first-order valence-corrected chi connectivity index (χ1v) is 18.1. The van der Waals surface area contributed by atoms with E-state index in [9.17, 15) is 28.8 Å². The Kier molecular flexibility index (Phi) is 16.4. The molecule has 0 unspecified atom stereocenters. The number of carbonyl (C=O) groups excluding carboxylic acids is 6. The van der Waals surface area contributed by atoms with Crippen molar-refractivity contribution in [1.29, 1.82) is 0 Å². The van der Waals surface area contributed by atoms with Crippen LogP contribution < -0.4 is 32.3 Å². The number of nitrogens with two attached hydrogens (primary N) is 1. The SMILES string of the molecule is C=CCOC[C@@]12CCCN(C1)C(=O)/C=C/C(=O)NCC[C@@H](C(=O)NCCOCCN)NC(=O)Cc1ccccc1CNC(=O)[C@H](Cc1ccco1)NC2=O. The fourth-order valence-corrected chi connectivity index (χ4v) is 6.28. The summed E-state index contributed by atoms with van der Waals surface area (Å²) in [6.45, 7) is 5.26. The summed E-state index contributed by atoms with van der Waals surface area (Å²) in [6, 6.07) is 8.38. The Morgan fingerprint density at radius 1 is 1.04 bits per heavy atom. The van der Waals surface area contributed by atoms with E-state index in [1.54, 1.807) is 42.5 Å². The number of carbonyl (C=O) groups is 6. The van der Waals surface area contributed by atoms with Gasteiger partial charge in [-0.05, 0) is 42.5 Å². The van der Waals surface area contributed by atoms with Crippen molar-refractivity contribution in [2.24, 2.45) is 11.1 Å². The van der Waals surface area contributed by atoms with Crippen LogP contribution in [0.25, 0.3) is 0 Å². The van der Waals surface area contributed by atoms with Crippen LogP contribution in [0.15, 0.2) is 71.9 Å². The van der Waals surface area contributed by atoms with E-state index in [4.69, 9.17) is 19.6 Å². The minimum atomic E-state index is -1.21. The summed E-state index contributed by atoms with van der Waals surface area (Å²) in [7, 11) is 0. The molecular formula is C38H51N7O9. The fraction of sp³-hybridized carbons (Fsp3) is 0.474. The van der Waals surface area contributed by atoms with Crippen molar-refractivity contribution in [1.82, 2.24) is 31.5 Å². The maximum Gasteiger partial charge on any atom is 0.246 e. The van der Waals surface area contributed by atoms with Gasteiger partial charge in [-0.1, -0.05) is 30.3 Å². The number of rotatable bonds is 12. The molecule has 292 valence electrons. The molecule has 16 heteroatoms. The number of nitrogens with zero attached hydrogens (tertiary/aromatic N) is 1. The van der Waals surface area contributed by atoms with Crippen molar-refractivity contribution in [3.63, 3.8) is 0 Å². The molecule has 1 fully saturated rings. The van der Waals surface area contributed by atoms with Gasteiger partial charge in [-0.3, -0.25) is 28.8 Å². The lowest BCUT2D eigenvalue weighted by molar-refractivity contribution is -0.145. The average molecular weight is 750 g/mol. The monoisotopic (exact) mass is 749 g/mol. The van der Waals surface area contributed by atoms with Crippen molar-refractivity contribution >= 4 is 35.4 Å². The molecule has 2 aliphatic rings. The Labute approximate surface area is 314 Å². The third-order valence-electron chi connectivity index (χ3n) is 9.08. The van der Waals surface area contributed by atoms with Crippen LogP contribution in [0.5, 0.6) is 0 Å². The van der Waals surface area contributed by atoms with Crippen LogP contribution in [0.2, 0.25) is 0 Å². The normalized spacial score (nSPS) is 22.6. The molecule has 3 atom stereocenters. The van der Waals surface area contributed by atoms with E-state index in [1.165, 1.54) is 11.2 Å². The summed E-state index contributed by atoms with van der Waals surface area (Å²) in [5, 5.41) is 14.0. The number of benzene rings is 1. The highest BCUT2D eigenvalue weighted by Gasteiger charge is 2.45. The van der Waals surface area contributed by atoms with Gasteiger partial charge in [0, 0.05) is 57.8 Å². The van der Waals surface area contributed by atoms with E-state index >= 15 is 0 Å². The minimum absolute atomic E-state index is 0.00876. The lowest BCUT2D eigenvalue weighted by Gasteiger charge is -2.41. The molecule has 4 rings (SSSR count). The van der Waals surface area contributed by atoms with E-state index in [-0.39, 0.29) is 65.3 Å². The van der Waals surface area contributed by atoms with Gasteiger partial charge < -0.3 is 51.1 Å². The van der Waals surface area contributed by atoms with E-state index in [1.807, 2.05) is 0 Å². The molecule has 7 N–H and O–H groups in total. The van der Waals surface area contributed by atoms with Crippen LogP contribution in [0.3, 0.4) is 0 Å². The highest BCUT2D eigenvalue weighted by atomic mass is 16.5. The smallest absolute Gasteiger partial charge is 0.246 e. The molecule has 2 aliphatic heterocycles. The predicted molar refractivity (Wildman–Crippen MR) is 197 cm³/mol. The highest BCUT2D eigenvalue weighted by molar-refractivity contribution is 5.97. The van der Waals surface area contributed by atoms with Crippen LogP contribution in [-0.2, 0) is 57.6 Å². The molecular weight excluding hydrogens is 698 g/mol. The second kappa shape index (κ2) is 21.4. The molecule has 2 aromatic rings. The summed E-state index contributed by atoms with van der Waals surface area (Å²) >= 11 is 0. The lowest BCUT2D eigenvalue weighted by Crippen LogP contribution is -2.59. The van der Waals surface area contributed by atoms with Crippen molar-refractivity contribution in [2.75, 3.05) is 59.2 Å². The largest absolute Gasteiger partial charge is 0.469 e. The number of ether oxygens (including phenoxy) is 2. The minimum Gasteiger partial charge on any atom is -0.469 e. The molecule has 1 aromatic heterocycles. The van der Waals surface area contributed by atoms with E-state index in [2.05, 4.69) is 33.2 Å². The van der Waals surface area contributed by atoms with Gasteiger partial charge in [-0.25, -0.2) is 0 Å². The molecule has 54 heavy (non-hydrogen) atoms. The van der Waals surface area contributed by atoms with Crippen molar-refractivity contribution in [2.45, 2.75) is 50.7 Å². The first-order valence-electron chi connectivity index (χ1n) is 18.1. The van der Waals surface area contributed by atoms with Crippen molar-refractivity contribution in [3.05, 3.63) is 84.4 Å². The molecule has 16 nitrogen and oxygen atoms in total. The first kappa shape index (κ1) is 41.4. The zero-order chi connectivity index (χ0) is 38.8. The summed E-state index contributed by atoms with van der Waals surface area (Å²) in [6.07, 6.45) is 6.07. The van der Waals surface area contributed by atoms with Gasteiger partial charge in [0.25, 0.3) is 0 Å². The zero-order valence-corrected chi connectivity index (χ0v) is 30.4. The Morgan fingerprint density at radius 2 is 1.85 bits per heavy atom. The second-order valence-electron chi connectivity index (χ2n) is 13.1. The van der Waals surface area contributed by atoms with E-state index in [0.29, 0.717) is 49.4 Å². The van der Waals surface area contributed by atoms with Gasteiger partial charge >= 0.3 is 0 Å². The van der Waals surface area contributed by atoms with Gasteiger partial charge in [0.15, 0.2) is 0 Å². The molecule has 1 saturated heterocycles. The molecule has 0 aliphatic carbocycles. The second-order valence-corrected chi connectivity index (χ2v) is 13.1. The van der Waals surface area contributed by atoms with Crippen LogP contribution in [0.1, 0.15) is 36.1 Å². The number of hydrogen-bond acceptors (Lipinski definition) is 10. The third-order valence-corrected chi connectivity index (χ3v) is 9.08. The van der Waals surface area contributed by atoms with Gasteiger partial charge in [0.05, 0.1) is 44.5 Å². The maximum absolute atomic E-state index is 14.2. The third kappa shape index (κ3) is 12.7. The average Bonchev–Trinajstić information content (AvgIpc) is 3.68. The number of nitrogens with one attached hydrogen (secondary N) is 5. The summed E-state index contributed by atoms with van der Waals surface area (Å²) in [5.41, 5.74) is 5.50. The quantitative estimate of drug-likeness (QED) is 0.122. The standard InChI is InChI=1S/C38H51N7O9/c1-2-18-53-26-38-13-6-17-45(25-38)34(48)11-10-32(46)40-15-12-30(35(49)41-16-21-52-20-14-39)43-33(47)22-27-7-3-4-8-28(27)24-42-36(50)31(44-37(38)51)23-29-9-5-19-54-29/h2-5,7-11,19,30-31H,1,6,12-18,20-26,39H2,(H,40,46)(H,41,49)(H,42,50)(H,43,47)(H,44,51)/b11-10+/t30-,31-,38+/m0/s1. The lowest BCUT2D eigenvalue weighted by atomic mass is 9.79. The Hall–Kier alpha value is -5.32. The zero-order valence-electron chi connectivity index (χ0n) is 30.4. The number of hydrogen-bond donors (Lipinski definition) is 6. The van der Waals surface area contributed by atoms with E-state index in [0.717, 1.165) is 12.2 Å². The van der Waals surface area contributed by atoms with Gasteiger partial charge in [-0.2, -0.15) is 0 Å². The van der Waals surface area contributed by atoms with Crippen LogP contribution in [-0.4, -0.2) is 112 Å². The van der Waals surface area contributed by atoms with Crippen molar-refractivity contribution < 1.29 is 42.7 Å². The molecule has 0 spiro atoms. The summed E-state index contributed by atoms with van der Waals surface area (Å²) in [4.78, 5) is 82.1. The van der Waals surface area contributed by atoms with Gasteiger partial charge in [-0.15, -0.1) is 6.58 Å². The molecule has 0 radical (unpaired) electrons. The fourth-order valence-electron chi connectivity index (χ4n) is 6.28. The number of amides is 6. The van der Waals surface area contributed by atoms with Crippen LogP contribution >= 0.6 is 0 Å². The Bertz CT molecular complexity index is 1630. The summed E-state index contributed by atoms with van der Waals surface area (Å²) in [5.74, 6) is -2.49. The molecule has 6 amide bonds. The van der Waals surface area contributed by atoms with Crippen LogP contribution in [0, 0.1) is 5.41 Å².